The monoisotopic (exact) mass is 637 g/mol. The van der Waals surface area contributed by atoms with Crippen LogP contribution >= 0.6 is 0 Å². The number of ether oxygens (including phenoxy) is 2. The van der Waals surface area contributed by atoms with Gasteiger partial charge >= 0.3 is 5.97 Å². The smallest absolute Gasteiger partial charge is 0.313 e. The molecule has 10 nitrogen and oxygen atoms in total. The second-order valence-corrected chi connectivity index (χ2v) is 13.2. The predicted octanol–water partition coefficient (Wildman–Crippen LogP) is 3.95. The lowest BCUT2D eigenvalue weighted by Crippen LogP contribution is -2.59. The number of fused-ring (bicyclic) bond motifs is 1. The minimum atomic E-state index is -1.22. The number of nitrogens with one attached hydrogen (secondary N) is 1. The summed E-state index contributed by atoms with van der Waals surface area (Å²) in [7, 11) is 0. The van der Waals surface area contributed by atoms with E-state index in [1.807, 2.05) is 51.1 Å². The molecule has 0 saturated carbocycles. The van der Waals surface area contributed by atoms with Crippen molar-refractivity contribution in [2.24, 2.45) is 17.8 Å². The van der Waals surface area contributed by atoms with Crippen molar-refractivity contribution in [1.82, 2.24) is 15.1 Å². The number of benzene rings is 1. The van der Waals surface area contributed by atoms with E-state index in [0.29, 0.717) is 37.9 Å². The van der Waals surface area contributed by atoms with Crippen molar-refractivity contribution < 1.29 is 33.8 Å². The van der Waals surface area contributed by atoms with E-state index >= 15 is 0 Å². The maximum atomic E-state index is 14.5. The molecule has 2 bridgehead atoms. The number of unbranched alkanes of at least 4 members (excludes halogenated alkanes) is 1. The summed E-state index contributed by atoms with van der Waals surface area (Å²) in [4.78, 5) is 59.0. The van der Waals surface area contributed by atoms with Crippen LogP contribution in [-0.4, -0.2) is 88.1 Å². The molecule has 2 N–H and O–H groups in total. The Morgan fingerprint density at radius 3 is 2.52 bits per heavy atom. The molecule has 3 aliphatic heterocycles. The van der Waals surface area contributed by atoms with Gasteiger partial charge in [0.15, 0.2) is 0 Å². The van der Waals surface area contributed by atoms with Gasteiger partial charge in [-0.1, -0.05) is 69.7 Å². The van der Waals surface area contributed by atoms with Crippen molar-refractivity contribution >= 4 is 23.7 Å². The van der Waals surface area contributed by atoms with Gasteiger partial charge in [0.05, 0.1) is 36.6 Å². The Morgan fingerprint density at radius 1 is 1.20 bits per heavy atom. The summed E-state index contributed by atoms with van der Waals surface area (Å²) < 4.78 is 12.8. The second-order valence-electron chi connectivity index (χ2n) is 13.2. The van der Waals surface area contributed by atoms with Gasteiger partial charge in [-0.3, -0.25) is 19.2 Å². The Bertz CT molecular complexity index is 1270. The highest BCUT2D eigenvalue weighted by Crippen LogP contribution is 2.59. The minimum Gasteiger partial charge on any atom is -0.455 e. The molecule has 4 rings (SSSR count). The summed E-state index contributed by atoms with van der Waals surface area (Å²) in [6.07, 6.45) is 5.31. The van der Waals surface area contributed by atoms with Gasteiger partial charge in [0.2, 0.25) is 17.7 Å². The van der Waals surface area contributed by atoms with Gasteiger partial charge in [-0.05, 0) is 44.1 Å². The van der Waals surface area contributed by atoms with Crippen LogP contribution in [0.25, 0.3) is 0 Å². The van der Waals surface area contributed by atoms with E-state index in [2.05, 4.69) is 18.5 Å². The van der Waals surface area contributed by atoms with E-state index < -0.39 is 53.7 Å². The number of rotatable bonds is 17. The number of carbonyl (C=O) groups excluding carboxylic acids is 4. The molecule has 3 amide bonds. The average Bonchev–Trinajstić information content (AvgIpc) is 3.68. The Hall–Kier alpha value is -3.50. The third kappa shape index (κ3) is 6.79. The van der Waals surface area contributed by atoms with Crippen molar-refractivity contribution in [2.75, 3.05) is 19.7 Å². The van der Waals surface area contributed by atoms with Crippen molar-refractivity contribution in [3.8, 4) is 0 Å². The van der Waals surface area contributed by atoms with E-state index in [9.17, 15) is 24.3 Å². The van der Waals surface area contributed by atoms with Crippen LogP contribution in [0.1, 0.15) is 77.9 Å². The SMILES string of the molecule is C=CCCC(=O)N[C@@H](C)[C@H](OC(=O)[C@@H]1[C@H]2C(=O)N([C@@H](CO)C(C)C)[C@H](C(=O)N(CC=C)CCCC)[C@]23CC[C@H]1O3)c1ccccc1. The molecule has 1 aromatic rings. The average molecular weight is 638 g/mol. The van der Waals surface area contributed by atoms with Gasteiger partial charge in [0, 0.05) is 19.5 Å². The number of esters is 1. The first-order valence-corrected chi connectivity index (χ1v) is 16.7. The predicted molar refractivity (Wildman–Crippen MR) is 174 cm³/mol. The third-order valence-corrected chi connectivity index (χ3v) is 9.79. The van der Waals surface area contributed by atoms with Crippen LogP contribution in [0.15, 0.2) is 55.6 Å². The molecular formula is C36H51N3O7. The molecule has 3 aliphatic rings. The Labute approximate surface area is 273 Å². The highest BCUT2D eigenvalue weighted by molar-refractivity contribution is 5.98. The second kappa shape index (κ2) is 15.4. The zero-order valence-corrected chi connectivity index (χ0v) is 27.7. The molecule has 0 aliphatic carbocycles. The molecule has 0 radical (unpaired) electrons. The lowest BCUT2D eigenvalue weighted by molar-refractivity contribution is -0.163. The number of carbonyl (C=O) groups is 4. The molecule has 46 heavy (non-hydrogen) atoms. The van der Waals surface area contributed by atoms with Crippen LogP contribution < -0.4 is 5.32 Å². The number of allylic oxidation sites excluding steroid dienone is 1. The number of aliphatic hydroxyl groups excluding tert-OH is 1. The zero-order chi connectivity index (χ0) is 33.6. The number of likely N-dealkylation sites (tertiary alicyclic amines) is 1. The fourth-order valence-corrected chi connectivity index (χ4v) is 7.53. The highest BCUT2D eigenvalue weighted by Gasteiger charge is 2.75. The molecule has 1 spiro atoms. The van der Waals surface area contributed by atoms with Crippen LogP contribution in [0.2, 0.25) is 0 Å². The van der Waals surface area contributed by atoms with Gasteiger partial charge in [-0.25, -0.2) is 0 Å². The topological polar surface area (TPSA) is 125 Å². The molecule has 8 atom stereocenters. The van der Waals surface area contributed by atoms with E-state index in [1.54, 1.807) is 24.0 Å². The van der Waals surface area contributed by atoms with Crippen molar-refractivity contribution in [2.45, 2.75) is 102 Å². The molecule has 3 saturated heterocycles. The summed E-state index contributed by atoms with van der Waals surface area (Å²) in [6, 6.07) is 7.00. The van der Waals surface area contributed by atoms with Crippen LogP contribution in [0.3, 0.4) is 0 Å². The van der Waals surface area contributed by atoms with Crippen LogP contribution in [0.4, 0.5) is 0 Å². The molecule has 3 fully saturated rings. The Kier molecular flexibility index (Phi) is 11.8. The lowest BCUT2D eigenvalue weighted by atomic mass is 9.70. The molecule has 252 valence electrons. The molecular weight excluding hydrogens is 586 g/mol. The molecule has 0 unspecified atom stereocenters. The molecule has 3 heterocycles. The standard InChI is InChI=1S/C36H51N3O7/c1-7-10-17-28(41)37-24(6)31(25-15-13-12-14-16-25)45-35(44)29-27-18-19-36(46-27)30(29)33(42)39(26(22-40)23(4)5)32(36)34(43)38(20-9-3)21-11-8-2/h7,9,12-16,23-24,26-27,29-32,40H,1,3,8,10-11,17-22H2,2,4-6H3,(H,37,41)/t24-,26-,27+,29-,30-,31-,32+,36-/m0/s1. The first kappa shape index (κ1) is 35.4. The van der Waals surface area contributed by atoms with Gasteiger partial charge in [-0.15, -0.1) is 13.2 Å². The molecule has 0 aromatic heterocycles. The van der Waals surface area contributed by atoms with E-state index in [1.165, 1.54) is 4.90 Å². The molecule has 1 aromatic carbocycles. The summed E-state index contributed by atoms with van der Waals surface area (Å²) in [5.74, 6) is -3.44. The van der Waals surface area contributed by atoms with Gasteiger partial charge in [0.1, 0.15) is 17.7 Å². The largest absolute Gasteiger partial charge is 0.455 e. The normalized spacial score (nSPS) is 26.7. The Balaban J connectivity index is 1.69. The first-order chi connectivity index (χ1) is 22.1. The quantitative estimate of drug-likeness (QED) is 0.196. The number of amides is 3. The Morgan fingerprint density at radius 2 is 1.91 bits per heavy atom. The highest BCUT2D eigenvalue weighted by atomic mass is 16.6. The summed E-state index contributed by atoms with van der Waals surface area (Å²) in [5, 5.41) is 13.4. The first-order valence-electron chi connectivity index (χ1n) is 16.7. The summed E-state index contributed by atoms with van der Waals surface area (Å²) >= 11 is 0. The lowest BCUT2D eigenvalue weighted by Gasteiger charge is -2.40. The fourth-order valence-electron chi connectivity index (χ4n) is 7.53. The number of aliphatic hydroxyl groups is 1. The summed E-state index contributed by atoms with van der Waals surface area (Å²) in [5.41, 5.74) is -0.516. The van der Waals surface area contributed by atoms with E-state index in [0.717, 1.165) is 12.8 Å². The summed E-state index contributed by atoms with van der Waals surface area (Å²) in [6.45, 7) is 15.6. The maximum absolute atomic E-state index is 14.5. The van der Waals surface area contributed by atoms with E-state index in [-0.39, 0.29) is 36.7 Å². The van der Waals surface area contributed by atoms with Crippen LogP contribution in [0.5, 0.6) is 0 Å². The van der Waals surface area contributed by atoms with E-state index in [4.69, 9.17) is 9.47 Å². The van der Waals surface area contributed by atoms with Crippen molar-refractivity contribution in [1.29, 1.82) is 0 Å². The van der Waals surface area contributed by atoms with Gasteiger partial charge < -0.3 is 29.7 Å². The minimum absolute atomic E-state index is 0.154. The van der Waals surface area contributed by atoms with Crippen LogP contribution in [0, 0.1) is 17.8 Å². The zero-order valence-electron chi connectivity index (χ0n) is 27.7. The number of nitrogens with zero attached hydrogens (tertiary/aromatic N) is 2. The number of hydrogen-bond acceptors (Lipinski definition) is 7. The van der Waals surface area contributed by atoms with Crippen LogP contribution in [-0.2, 0) is 28.7 Å². The number of hydrogen-bond donors (Lipinski definition) is 2. The fraction of sp³-hybridized carbons (Fsp3) is 0.611. The maximum Gasteiger partial charge on any atom is 0.313 e. The van der Waals surface area contributed by atoms with Gasteiger partial charge in [0.25, 0.3) is 0 Å². The van der Waals surface area contributed by atoms with Gasteiger partial charge in [-0.2, -0.15) is 0 Å². The van der Waals surface area contributed by atoms with Crippen molar-refractivity contribution in [3.63, 3.8) is 0 Å². The third-order valence-electron chi connectivity index (χ3n) is 9.79. The van der Waals surface area contributed by atoms with Crippen molar-refractivity contribution in [3.05, 3.63) is 61.2 Å². The molecule has 10 heteroatoms.